The zero-order valence-corrected chi connectivity index (χ0v) is 14.8. The lowest BCUT2D eigenvalue weighted by Gasteiger charge is -2.22. The molecule has 0 N–H and O–H groups in total. The van der Waals surface area contributed by atoms with Gasteiger partial charge in [-0.2, -0.15) is 0 Å². The Balaban J connectivity index is 2.10. The molecular formula is C18H19F2NO3S. The van der Waals surface area contributed by atoms with E-state index in [0.29, 0.717) is 5.56 Å². The molecule has 1 amide bonds. The van der Waals surface area contributed by atoms with Crippen molar-refractivity contribution >= 4 is 15.7 Å². The molecule has 0 saturated heterocycles. The van der Waals surface area contributed by atoms with Crippen LogP contribution in [0.2, 0.25) is 0 Å². The van der Waals surface area contributed by atoms with Gasteiger partial charge in [-0.25, -0.2) is 17.2 Å². The average molecular weight is 367 g/mol. The van der Waals surface area contributed by atoms with Gasteiger partial charge in [-0.3, -0.25) is 4.79 Å². The Morgan fingerprint density at radius 1 is 1.12 bits per heavy atom. The van der Waals surface area contributed by atoms with Crippen LogP contribution in [0.3, 0.4) is 0 Å². The standard InChI is InChI=1S/C18H19F2NO3S/c1-13(25(23,24)12-15-7-3-4-9-17(15)20)18(22)21(2)11-14-6-5-8-16(19)10-14/h3-10,13H,11-12H2,1-2H3. The summed E-state index contributed by atoms with van der Waals surface area (Å²) in [6.45, 7) is 1.36. The number of rotatable bonds is 6. The Morgan fingerprint density at radius 3 is 2.44 bits per heavy atom. The van der Waals surface area contributed by atoms with Gasteiger partial charge in [0.2, 0.25) is 5.91 Å². The maximum atomic E-state index is 13.7. The summed E-state index contributed by atoms with van der Waals surface area (Å²) in [7, 11) is -2.44. The van der Waals surface area contributed by atoms with Gasteiger partial charge in [0.25, 0.3) is 0 Å². The molecule has 7 heteroatoms. The van der Waals surface area contributed by atoms with E-state index in [2.05, 4.69) is 0 Å². The highest BCUT2D eigenvalue weighted by molar-refractivity contribution is 7.92. The Hall–Kier alpha value is -2.28. The molecule has 0 aliphatic carbocycles. The van der Waals surface area contributed by atoms with Crippen LogP contribution in [0.25, 0.3) is 0 Å². The molecule has 2 aromatic carbocycles. The molecule has 2 rings (SSSR count). The number of hydrogen-bond acceptors (Lipinski definition) is 3. The van der Waals surface area contributed by atoms with E-state index >= 15 is 0 Å². The van der Waals surface area contributed by atoms with Crippen molar-refractivity contribution in [3.8, 4) is 0 Å². The third-order valence-electron chi connectivity index (χ3n) is 3.89. The number of carbonyl (C=O) groups is 1. The Kier molecular flexibility index (Phi) is 5.89. The molecule has 1 atom stereocenters. The third kappa shape index (κ3) is 4.85. The van der Waals surface area contributed by atoms with Crippen LogP contribution in [0.4, 0.5) is 8.78 Å². The first kappa shape index (κ1) is 19.1. The van der Waals surface area contributed by atoms with Crippen LogP contribution < -0.4 is 0 Å². The van der Waals surface area contributed by atoms with Crippen molar-refractivity contribution in [1.29, 1.82) is 0 Å². The fourth-order valence-corrected chi connectivity index (χ4v) is 3.81. The van der Waals surface area contributed by atoms with E-state index in [4.69, 9.17) is 0 Å². The number of benzene rings is 2. The van der Waals surface area contributed by atoms with Gasteiger partial charge in [0.05, 0.1) is 5.75 Å². The van der Waals surface area contributed by atoms with Crippen molar-refractivity contribution in [2.45, 2.75) is 24.5 Å². The quantitative estimate of drug-likeness (QED) is 0.789. The molecule has 0 bridgehead atoms. The van der Waals surface area contributed by atoms with Crippen molar-refractivity contribution in [2.75, 3.05) is 7.05 Å². The van der Waals surface area contributed by atoms with E-state index in [1.54, 1.807) is 6.07 Å². The van der Waals surface area contributed by atoms with E-state index < -0.39 is 38.4 Å². The number of nitrogens with zero attached hydrogens (tertiary/aromatic N) is 1. The van der Waals surface area contributed by atoms with Gasteiger partial charge in [-0.15, -0.1) is 0 Å². The lowest BCUT2D eigenvalue weighted by Crippen LogP contribution is -2.39. The number of amides is 1. The first-order valence-electron chi connectivity index (χ1n) is 7.65. The molecule has 0 saturated carbocycles. The second-order valence-electron chi connectivity index (χ2n) is 5.87. The lowest BCUT2D eigenvalue weighted by atomic mass is 10.2. The number of halogens is 2. The highest BCUT2D eigenvalue weighted by atomic mass is 32.2. The van der Waals surface area contributed by atoms with Crippen LogP contribution in [0.1, 0.15) is 18.1 Å². The molecule has 134 valence electrons. The molecule has 0 fully saturated rings. The minimum absolute atomic E-state index is 0.0231. The van der Waals surface area contributed by atoms with Crippen LogP contribution in [0, 0.1) is 11.6 Å². The summed E-state index contributed by atoms with van der Waals surface area (Å²) in [4.78, 5) is 13.6. The molecule has 2 aromatic rings. The minimum Gasteiger partial charge on any atom is -0.340 e. The normalized spacial score (nSPS) is 12.6. The van der Waals surface area contributed by atoms with Gasteiger partial charge in [0.1, 0.15) is 16.9 Å². The molecule has 0 aromatic heterocycles. The summed E-state index contributed by atoms with van der Waals surface area (Å²) >= 11 is 0. The van der Waals surface area contributed by atoms with Gasteiger partial charge in [-0.1, -0.05) is 30.3 Å². The second-order valence-corrected chi connectivity index (χ2v) is 8.19. The van der Waals surface area contributed by atoms with Gasteiger partial charge in [0.15, 0.2) is 9.84 Å². The van der Waals surface area contributed by atoms with E-state index in [0.717, 1.165) is 0 Å². The lowest BCUT2D eigenvalue weighted by molar-refractivity contribution is -0.129. The van der Waals surface area contributed by atoms with Crippen LogP contribution in [-0.4, -0.2) is 31.5 Å². The first-order valence-corrected chi connectivity index (χ1v) is 9.36. The average Bonchev–Trinajstić information content (AvgIpc) is 2.55. The molecule has 25 heavy (non-hydrogen) atoms. The van der Waals surface area contributed by atoms with Crippen LogP contribution in [-0.2, 0) is 26.9 Å². The largest absolute Gasteiger partial charge is 0.340 e. The van der Waals surface area contributed by atoms with Crippen LogP contribution >= 0.6 is 0 Å². The van der Waals surface area contributed by atoms with Crippen LogP contribution in [0.15, 0.2) is 48.5 Å². The van der Waals surface area contributed by atoms with Crippen molar-refractivity contribution in [1.82, 2.24) is 4.90 Å². The zero-order valence-electron chi connectivity index (χ0n) is 13.9. The molecule has 4 nitrogen and oxygen atoms in total. The SMILES string of the molecule is CC(C(=O)N(C)Cc1cccc(F)c1)S(=O)(=O)Cc1ccccc1F. The highest BCUT2D eigenvalue weighted by Crippen LogP contribution is 2.17. The van der Waals surface area contributed by atoms with Gasteiger partial charge in [-0.05, 0) is 30.7 Å². The monoisotopic (exact) mass is 367 g/mol. The molecule has 0 aliphatic rings. The second kappa shape index (κ2) is 7.74. The Labute approximate surface area is 146 Å². The van der Waals surface area contributed by atoms with Crippen molar-refractivity contribution in [3.63, 3.8) is 0 Å². The summed E-state index contributed by atoms with van der Waals surface area (Å²) < 4.78 is 51.7. The Bertz CT molecular complexity index is 868. The summed E-state index contributed by atoms with van der Waals surface area (Å²) in [5.74, 6) is -2.24. The Morgan fingerprint density at radius 2 is 1.80 bits per heavy atom. The smallest absolute Gasteiger partial charge is 0.240 e. The maximum absolute atomic E-state index is 13.7. The molecular weight excluding hydrogens is 348 g/mol. The minimum atomic E-state index is -3.89. The van der Waals surface area contributed by atoms with E-state index in [1.807, 2.05) is 0 Å². The molecule has 0 radical (unpaired) electrons. The van der Waals surface area contributed by atoms with E-state index in [1.165, 1.54) is 61.3 Å². The van der Waals surface area contributed by atoms with Crippen molar-refractivity contribution in [3.05, 3.63) is 71.3 Å². The van der Waals surface area contributed by atoms with Crippen molar-refractivity contribution in [2.24, 2.45) is 0 Å². The van der Waals surface area contributed by atoms with Gasteiger partial charge in [0, 0.05) is 19.2 Å². The number of hydrogen-bond donors (Lipinski definition) is 0. The molecule has 0 spiro atoms. The van der Waals surface area contributed by atoms with E-state index in [9.17, 15) is 22.0 Å². The summed E-state index contributed by atoms with van der Waals surface area (Å²) in [6, 6.07) is 11.3. The zero-order chi connectivity index (χ0) is 18.6. The number of sulfone groups is 1. The fourth-order valence-electron chi connectivity index (χ4n) is 2.41. The van der Waals surface area contributed by atoms with Gasteiger partial charge < -0.3 is 4.90 Å². The fraction of sp³-hybridized carbons (Fsp3) is 0.278. The van der Waals surface area contributed by atoms with E-state index in [-0.39, 0.29) is 12.1 Å². The summed E-state index contributed by atoms with van der Waals surface area (Å²) in [5.41, 5.74) is 0.574. The molecule has 1 unspecified atom stereocenters. The third-order valence-corrected chi connectivity index (χ3v) is 5.88. The topological polar surface area (TPSA) is 54.5 Å². The molecule has 0 heterocycles. The first-order chi connectivity index (χ1) is 11.7. The highest BCUT2D eigenvalue weighted by Gasteiger charge is 2.31. The van der Waals surface area contributed by atoms with Crippen LogP contribution in [0.5, 0.6) is 0 Å². The summed E-state index contributed by atoms with van der Waals surface area (Å²) in [5, 5.41) is -1.33. The number of carbonyl (C=O) groups excluding carboxylic acids is 1. The predicted octanol–water partition coefficient (Wildman–Crippen LogP) is 2.93. The maximum Gasteiger partial charge on any atom is 0.240 e. The molecule has 0 aliphatic heterocycles. The van der Waals surface area contributed by atoms with Gasteiger partial charge >= 0.3 is 0 Å². The summed E-state index contributed by atoms with van der Waals surface area (Å²) in [6.07, 6.45) is 0. The van der Waals surface area contributed by atoms with Crippen molar-refractivity contribution < 1.29 is 22.0 Å². The predicted molar refractivity (Wildman–Crippen MR) is 91.4 cm³/mol.